The number of aliphatic hydroxyl groups excluding tert-OH is 1. The number of carbonyl (C=O) groups excluding carboxylic acids is 4. The SMILES string of the molecule is Nc1cncc(-c2ccc3[nH]nc(C(=O)Nc4ccc(CN5CCCCC5)nc4)c3c2)c1.O=C(Nc1ccc(CN2CCCC2)nc1)c1n[nH]c2ccc(-c3cncc(CN4CCC(O)CC4)c3)cc12.O=C(Nc1ccc(CN2CCCC2)nc1)c1n[nH]c2ccc(-c3cncc(CN4CCC4)c3)cc12.O=C(Nc1ccc(CN2CCCC2)nc1)c1n[nH]c2ccc(-c3cncc(Oc4ccccc4)c3)cc12. The number of aliphatic hydroxyl groups is 1. The number of H-pyrrole nitrogens is 4. The van der Waals surface area contributed by atoms with Crippen LogP contribution in [-0.4, -0.2) is 223 Å². The van der Waals surface area contributed by atoms with Gasteiger partial charge in [-0.1, -0.05) is 48.9 Å². The van der Waals surface area contributed by atoms with Gasteiger partial charge in [-0.3, -0.25) is 109 Å². The lowest BCUT2D eigenvalue weighted by Crippen LogP contribution is -2.36. The number of nitrogens with zero attached hydrogens (tertiary/aromatic N) is 18. The fourth-order valence-corrected chi connectivity index (χ4v) is 18.9. The molecule has 0 atom stereocenters. The molecule has 6 aliphatic rings. The highest BCUT2D eigenvalue weighted by Crippen LogP contribution is 2.35. The number of ether oxygens (including phenoxy) is 1. The number of rotatable bonds is 26. The van der Waals surface area contributed by atoms with Crippen LogP contribution in [-0.2, 0) is 39.3 Å². The number of hydrogen-bond donors (Lipinski definition) is 10. The predicted octanol–water partition coefficient (Wildman–Crippen LogP) is 17.4. The minimum Gasteiger partial charge on any atom is -0.456 e. The number of likely N-dealkylation sites (tertiary alicyclic amines) is 6. The van der Waals surface area contributed by atoms with Crippen molar-refractivity contribution in [2.75, 3.05) is 106 Å². The number of nitrogens with one attached hydrogen (secondary N) is 8. The molecule has 0 radical (unpaired) electrons. The molecule has 33 heteroatoms. The van der Waals surface area contributed by atoms with Crippen LogP contribution in [0.1, 0.15) is 153 Å². The number of amides is 4. The zero-order valence-electron chi connectivity index (χ0n) is 79.1. The number of fused-ring (bicyclic) bond motifs is 4. The first-order valence-electron chi connectivity index (χ1n) is 49.0. The maximum absolute atomic E-state index is 13.1. The van der Waals surface area contributed by atoms with E-state index in [1.807, 2.05) is 189 Å². The van der Waals surface area contributed by atoms with Crippen molar-refractivity contribution in [2.45, 2.75) is 122 Å². The third-order valence-corrected chi connectivity index (χ3v) is 26.7. The second-order valence-electron chi connectivity index (χ2n) is 37.2. The van der Waals surface area contributed by atoms with Crippen LogP contribution in [0.15, 0.2) is 250 Å². The first kappa shape index (κ1) is 94.0. The van der Waals surface area contributed by atoms with Crippen LogP contribution >= 0.6 is 0 Å². The average molecular weight is 1900 g/mol. The highest BCUT2D eigenvalue weighted by atomic mass is 16.5. The van der Waals surface area contributed by atoms with E-state index >= 15 is 0 Å². The summed E-state index contributed by atoms with van der Waals surface area (Å²) in [5.41, 5.74) is 27.5. The van der Waals surface area contributed by atoms with Crippen molar-refractivity contribution < 1.29 is 29.0 Å². The van der Waals surface area contributed by atoms with Crippen LogP contribution in [0, 0.1) is 0 Å². The summed E-state index contributed by atoms with van der Waals surface area (Å²) in [7, 11) is 0. The lowest BCUT2D eigenvalue weighted by molar-refractivity contribution is 0.0792. The summed E-state index contributed by atoms with van der Waals surface area (Å²) in [4.78, 5) is 102. The van der Waals surface area contributed by atoms with Gasteiger partial charge in [0, 0.05) is 140 Å². The maximum Gasteiger partial charge on any atom is 0.276 e. The summed E-state index contributed by atoms with van der Waals surface area (Å²) in [6, 6.07) is 56.7. The number of para-hydroxylation sites is 1. The number of aromatic nitrogens is 16. The van der Waals surface area contributed by atoms with Gasteiger partial charge >= 0.3 is 0 Å². The Morgan fingerprint density at radius 1 is 0.303 bits per heavy atom. The molecule has 720 valence electrons. The van der Waals surface area contributed by atoms with Crippen molar-refractivity contribution in [1.29, 1.82) is 0 Å². The van der Waals surface area contributed by atoms with Crippen LogP contribution in [0.2, 0.25) is 0 Å². The molecule has 11 N–H and O–H groups in total. The van der Waals surface area contributed by atoms with Gasteiger partial charge in [0.25, 0.3) is 23.6 Å². The summed E-state index contributed by atoms with van der Waals surface area (Å²) < 4.78 is 5.93. The molecule has 6 saturated heterocycles. The van der Waals surface area contributed by atoms with E-state index in [1.165, 1.54) is 69.8 Å². The van der Waals surface area contributed by atoms with Gasteiger partial charge in [-0.05, 0) is 303 Å². The Morgan fingerprint density at radius 3 is 0.944 bits per heavy atom. The fourth-order valence-electron chi connectivity index (χ4n) is 18.9. The molecule has 0 aliphatic carbocycles. The Bertz CT molecular complexity index is 7220. The molecule has 6 fully saturated rings. The Balaban J connectivity index is 0.000000116. The zero-order valence-corrected chi connectivity index (χ0v) is 79.1. The fraction of sp³-hybridized carbons (Fsp3) is 0.284. The standard InChI is InChI=1S/C29H33N7O2.C29H26N6O2.C27H29N7O.C24H25N7O/c37-25-7-11-36(12-8-25)18-20-13-22(16-30-15-20)21-3-6-27-26(14-21)28(34-33-27)29(38)32-23-4-5-24(31-17-23)19-35-9-1-2-10-35;36-29(32-22-9-10-23(31-17-22)19-35-12-4-5-13-35)28-26-15-20(8-11-27(26)33-34-28)21-14-25(18-30-16-21)37-24-6-2-1-3-7-24;35-27(30-22-5-6-23(29-16-22)18-34-8-1-2-9-34)26-24-13-20(4-7-25(24)31-32-26)21-12-19(14-28-15-21)17-33-10-3-11-33;25-18-10-17(12-26-13-18)16-4-7-22-21(11-16)23(30-29-22)24(32)28-19-5-6-20(27-14-19)15-31-8-2-1-3-9-31/h3-6,13-17,25,37H,1-2,7-12,18-19H2,(H,32,38)(H,33,34);1-3,6-11,14-18H,4-5,12-13,19H2,(H,32,36)(H,33,34);4-7,12-16H,1-3,8-11,17-18H2,(H,30,35)(H,31,32);4-7,10-14H,1-3,8-9,15,25H2,(H,28,32)(H,29,30). The van der Waals surface area contributed by atoms with E-state index in [4.69, 9.17) is 10.5 Å². The van der Waals surface area contributed by atoms with Crippen molar-refractivity contribution in [3.63, 3.8) is 0 Å². The summed E-state index contributed by atoms with van der Waals surface area (Å²) in [6.45, 7) is 18.2. The second-order valence-corrected chi connectivity index (χ2v) is 37.2. The van der Waals surface area contributed by atoms with Crippen molar-refractivity contribution in [2.24, 2.45) is 0 Å². The number of pyridine rings is 8. The van der Waals surface area contributed by atoms with Gasteiger partial charge in [0.05, 0.1) is 110 Å². The molecule has 142 heavy (non-hydrogen) atoms. The first-order valence-corrected chi connectivity index (χ1v) is 49.0. The van der Waals surface area contributed by atoms with Gasteiger partial charge in [0.2, 0.25) is 0 Å². The third-order valence-electron chi connectivity index (χ3n) is 26.7. The van der Waals surface area contributed by atoms with Crippen molar-refractivity contribution >= 4 is 95.7 Å². The monoisotopic (exact) mass is 1900 g/mol. The largest absolute Gasteiger partial charge is 0.456 e. The molecule has 4 amide bonds. The van der Waals surface area contributed by atoms with Gasteiger partial charge in [-0.2, -0.15) is 20.4 Å². The van der Waals surface area contributed by atoms with E-state index < -0.39 is 0 Å². The first-order chi connectivity index (χ1) is 69.7. The average Bonchev–Trinajstić information content (AvgIpc) is 1.65. The number of anilines is 5. The van der Waals surface area contributed by atoms with Gasteiger partial charge in [0.15, 0.2) is 22.8 Å². The van der Waals surface area contributed by atoms with Crippen LogP contribution < -0.4 is 31.7 Å². The van der Waals surface area contributed by atoms with Crippen molar-refractivity contribution in [3.05, 3.63) is 307 Å². The number of aromatic amines is 4. The van der Waals surface area contributed by atoms with E-state index in [1.54, 1.807) is 49.6 Å². The van der Waals surface area contributed by atoms with E-state index in [2.05, 4.69) is 143 Å². The summed E-state index contributed by atoms with van der Waals surface area (Å²) in [6.07, 6.45) is 35.2. The molecule has 12 aromatic heterocycles. The topological polar surface area (TPSA) is 409 Å². The summed E-state index contributed by atoms with van der Waals surface area (Å²) in [5, 5.41) is 53.5. The molecule has 0 saturated carbocycles. The molecule has 17 aromatic rings. The lowest BCUT2D eigenvalue weighted by atomic mass is 10.0. The Kier molecular flexibility index (Phi) is 29.6. The third kappa shape index (κ3) is 23.9. The summed E-state index contributed by atoms with van der Waals surface area (Å²) in [5.74, 6) is 0.258. The zero-order chi connectivity index (χ0) is 96.5. The number of benzene rings is 5. The molecular weight excluding hydrogens is 1780 g/mol. The highest BCUT2D eigenvalue weighted by Gasteiger charge is 2.26. The minimum atomic E-state index is -0.295. The van der Waals surface area contributed by atoms with Gasteiger partial charge in [-0.15, -0.1) is 0 Å². The van der Waals surface area contributed by atoms with Crippen molar-refractivity contribution in [1.82, 2.24) is 110 Å². The van der Waals surface area contributed by atoms with Crippen LogP contribution in [0.3, 0.4) is 0 Å². The Labute approximate surface area is 821 Å². The number of nitrogen functional groups attached to an aromatic ring is 1. The quantitative estimate of drug-likeness (QED) is 0.0241. The van der Waals surface area contributed by atoms with Crippen LogP contribution in [0.25, 0.3) is 88.1 Å². The minimum absolute atomic E-state index is 0.181. The van der Waals surface area contributed by atoms with E-state index in [0.717, 1.165) is 253 Å². The molecule has 33 nitrogen and oxygen atoms in total. The number of piperidine rings is 2. The highest BCUT2D eigenvalue weighted by molar-refractivity contribution is 6.14. The second kappa shape index (κ2) is 44.7. The molecule has 0 unspecified atom stereocenters. The number of carbonyl (C=O) groups is 4. The summed E-state index contributed by atoms with van der Waals surface area (Å²) >= 11 is 0. The molecule has 6 aliphatic heterocycles. The smallest absolute Gasteiger partial charge is 0.276 e. The van der Waals surface area contributed by atoms with Crippen LogP contribution in [0.5, 0.6) is 11.5 Å². The van der Waals surface area contributed by atoms with E-state index in [9.17, 15) is 24.3 Å². The van der Waals surface area contributed by atoms with Crippen molar-refractivity contribution in [3.8, 4) is 56.0 Å². The molecule has 0 bridgehead atoms. The molecule has 23 rings (SSSR count). The molecule has 5 aromatic carbocycles. The molecule has 0 spiro atoms. The molecular formula is C109H113N27O6. The van der Waals surface area contributed by atoms with E-state index in [-0.39, 0.29) is 29.7 Å². The number of hydrogen-bond acceptors (Lipinski definition) is 25. The molecule has 18 heterocycles. The Morgan fingerprint density at radius 2 is 0.613 bits per heavy atom. The van der Waals surface area contributed by atoms with Gasteiger partial charge in [0.1, 0.15) is 11.5 Å². The number of nitrogens with two attached hydrogens (primary N) is 1. The normalized spacial score (nSPS) is 15.5. The maximum atomic E-state index is 13.1. The van der Waals surface area contributed by atoms with Gasteiger partial charge < -0.3 is 36.8 Å². The van der Waals surface area contributed by atoms with Gasteiger partial charge in [-0.25, -0.2) is 0 Å². The van der Waals surface area contributed by atoms with E-state index in [0.29, 0.717) is 57.0 Å². The lowest BCUT2D eigenvalue weighted by Gasteiger charge is -2.30. The van der Waals surface area contributed by atoms with Crippen LogP contribution in [0.4, 0.5) is 28.4 Å². The Hall–Kier alpha value is -15.6. The predicted molar refractivity (Wildman–Crippen MR) is 550 cm³/mol.